The van der Waals surface area contributed by atoms with Crippen molar-refractivity contribution in [1.82, 2.24) is 0 Å². The molecule has 0 aliphatic rings. The zero-order chi connectivity index (χ0) is 8.69. The molecule has 11 heavy (non-hydrogen) atoms. The van der Waals surface area contributed by atoms with Crippen molar-refractivity contribution >= 4 is 5.71 Å². The number of nitrogens with zero attached hydrogens (tertiary/aromatic N) is 1. The Hall–Kier alpha value is -1.11. The lowest BCUT2D eigenvalue weighted by atomic mass is 10.3. The zero-order valence-corrected chi connectivity index (χ0v) is 7.46. The van der Waals surface area contributed by atoms with Crippen molar-refractivity contribution in [2.45, 2.75) is 20.8 Å². The molecule has 0 aliphatic heterocycles. The molecule has 0 spiro atoms. The molecule has 1 nitrogen and oxygen atoms in total. The maximum Gasteiger partial charge on any atom is 0.0375 e. The van der Waals surface area contributed by atoms with Crippen molar-refractivity contribution in [3.63, 3.8) is 0 Å². The monoisotopic (exact) mass is 149 g/mol. The van der Waals surface area contributed by atoms with Crippen LogP contribution >= 0.6 is 0 Å². The van der Waals surface area contributed by atoms with E-state index in [4.69, 9.17) is 0 Å². The van der Waals surface area contributed by atoms with Crippen molar-refractivity contribution in [2.75, 3.05) is 0 Å². The Morgan fingerprint density at radius 2 is 2.00 bits per heavy atom. The Labute approximate surface area is 68.9 Å². The van der Waals surface area contributed by atoms with Crippen LogP contribution in [0.15, 0.2) is 41.6 Å². The Bertz CT molecular complexity index is 207. The highest BCUT2D eigenvalue weighted by molar-refractivity contribution is 5.93. The van der Waals surface area contributed by atoms with E-state index in [-0.39, 0.29) is 0 Å². The maximum atomic E-state index is 4.28. The summed E-state index contributed by atoms with van der Waals surface area (Å²) in [5.74, 6) is 0. The van der Waals surface area contributed by atoms with Gasteiger partial charge in [-0.15, -0.1) is 0 Å². The molecule has 60 valence electrons. The third kappa shape index (κ3) is 5.34. The van der Waals surface area contributed by atoms with Crippen LogP contribution in [0.3, 0.4) is 0 Å². The summed E-state index contributed by atoms with van der Waals surface area (Å²) in [4.78, 5) is 4.28. The molecule has 0 aromatic carbocycles. The molecule has 0 aromatic heterocycles. The summed E-state index contributed by atoms with van der Waals surface area (Å²) in [6, 6.07) is 0. The standard InChI is InChI=1S/C10H15N/c1-5-7-9(3)11-10(4)8-6-2/h5-8H,1H2,2-4H3/b8-6-,9-7+,11-10-. The Morgan fingerprint density at radius 3 is 2.45 bits per heavy atom. The summed E-state index contributed by atoms with van der Waals surface area (Å²) >= 11 is 0. The lowest BCUT2D eigenvalue weighted by Crippen LogP contribution is -1.83. The molecule has 0 fully saturated rings. The molecule has 0 N–H and O–H groups in total. The lowest BCUT2D eigenvalue weighted by Gasteiger charge is -1.91. The van der Waals surface area contributed by atoms with Crippen LogP contribution in [0.25, 0.3) is 0 Å². The minimum atomic E-state index is 0.982. The molecule has 0 atom stereocenters. The highest BCUT2D eigenvalue weighted by Gasteiger charge is 1.82. The SMILES string of the molecule is C=C/C=C(C)/N=C(C)\C=C/C. The number of rotatable bonds is 3. The fourth-order valence-electron chi connectivity index (χ4n) is 0.764. The van der Waals surface area contributed by atoms with E-state index < -0.39 is 0 Å². The molecule has 0 bridgehead atoms. The topological polar surface area (TPSA) is 12.4 Å². The second-order valence-electron chi connectivity index (χ2n) is 2.30. The third-order valence-electron chi connectivity index (χ3n) is 1.12. The van der Waals surface area contributed by atoms with Crippen LogP contribution in [0.5, 0.6) is 0 Å². The van der Waals surface area contributed by atoms with E-state index in [1.54, 1.807) is 6.08 Å². The molecule has 0 radical (unpaired) electrons. The Morgan fingerprint density at radius 1 is 1.36 bits per heavy atom. The van der Waals surface area contributed by atoms with Crippen LogP contribution in [0.4, 0.5) is 0 Å². The Kier molecular flexibility index (Phi) is 5.09. The maximum absolute atomic E-state index is 4.28. The van der Waals surface area contributed by atoms with Gasteiger partial charge in [-0.3, -0.25) is 4.99 Å². The van der Waals surface area contributed by atoms with Crippen LogP contribution < -0.4 is 0 Å². The third-order valence-corrected chi connectivity index (χ3v) is 1.12. The van der Waals surface area contributed by atoms with Gasteiger partial charge in [-0.2, -0.15) is 0 Å². The smallest absolute Gasteiger partial charge is 0.0375 e. The van der Waals surface area contributed by atoms with E-state index in [0.29, 0.717) is 0 Å². The average Bonchev–Trinajstić information content (AvgIpc) is 1.87. The van der Waals surface area contributed by atoms with Crippen LogP contribution in [-0.4, -0.2) is 5.71 Å². The van der Waals surface area contributed by atoms with Crippen molar-refractivity contribution in [3.05, 3.63) is 36.6 Å². The molecule has 0 aliphatic carbocycles. The van der Waals surface area contributed by atoms with E-state index >= 15 is 0 Å². The minimum absolute atomic E-state index is 0.982. The predicted octanol–water partition coefficient (Wildman–Crippen LogP) is 3.11. The fraction of sp³-hybridized carbons (Fsp3) is 0.300. The molecular weight excluding hydrogens is 134 g/mol. The predicted molar refractivity (Wildman–Crippen MR) is 51.9 cm³/mol. The second kappa shape index (κ2) is 5.66. The van der Waals surface area contributed by atoms with Crippen molar-refractivity contribution in [1.29, 1.82) is 0 Å². The van der Waals surface area contributed by atoms with Gasteiger partial charge in [0.1, 0.15) is 0 Å². The summed E-state index contributed by atoms with van der Waals surface area (Å²) < 4.78 is 0. The summed E-state index contributed by atoms with van der Waals surface area (Å²) in [5.41, 5.74) is 2.00. The number of hydrogen-bond acceptors (Lipinski definition) is 1. The molecule has 0 saturated heterocycles. The van der Waals surface area contributed by atoms with Crippen LogP contribution in [0.1, 0.15) is 20.8 Å². The fourth-order valence-corrected chi connectivity index (χ4v) is 0.764. The molecular formula is C10H15N. The van der Waals surface area contributed by atoms with Gasteiger partial charge in [0.05, 0.1) is 0 Å². The van der Waals surface area contributed by atoms with Gasteiger partial charge in [0.2, 0.25) is 0 Å². The molecule has 0 amide bonds. The van der Waals surface area contributed by atoms with Crippen molar-refractivity contribution in [3.8, 4) is 0 Å². The number of allylic oxidation sites excluding steroid dienone is 5. The van der Waals surface area contributed by atoms with Gasteiger partial charge in [-0.1, -0.05) is 18.7 Å². The van der Waals surface area contributed by atoms with Gasteiger partial charge in [0.15, 0.2) is 0 Å². The van der Waals surface area contributed by atoms with E-state index in [1.165, 1.54) is 0 Å². The van der Waals surface area contributed by atoms with Crippen molar-refractivity contribution in [2.24, 2.45) is 4.99 Å². The normalized spacial score (nSPS) is 14.1. The first kappa shape index (κ1) is 9.89. The molecule has 0 aromatic rings. The number of hydrogen-bond donors (Lipinski definition) is 0. The van der Waals surface area contributed by atoms with E-state index in [1.807, 2.05) is 39.0 Å². The summed E-state index contributed by atoms with van der Waals surface area (Å²) in [5, 5.41) is 0. The molecule has 1 heteroatoms. The summed E-state index contributed by atoms with van der Waals surface area (Å²) in [6.45, 7) is 9.49. The quantitative estimate of drug-likeness (QED) is 0.432. The summed E-state index contributed by atoms with van der Waals surface area (Å²) in [7, 11) is 0. The van der Waals surface area contributed by atoms with E-state index in [0.717, 1.165) is 11.4 Å². The van der Waals surface area contributed by atoms with Gasteiger partial charge >= 0.3 is 0 Å². The number of aliphatic imine (C=N–C) groups is 1. The van der Waals surface area contributed by atoms with E-state index in [9.17, 15) is 0 Å². The largest absolute Gasteiger partial charge is 0.259 e. The highest BCUT2D eigenvalue weighted by Crippen LogP contribution is 1.96. The molecule has 0 unspecified atom stereocenters. The van der Waals surface area contributed by atoms with Gasteiger partial charge in [0, 0.05) is 11.4 Å². The van der Waals surface area contributed by atoms with Crippen LogP contribution in [0, 0.1) is 0 Å². The molecule has 0 saturated carbocycles. The Balaban J connectivity index is 4.29. The lowest BCUT2D eigenvalue weighted by molar-refractivity contribution is 1.30. The second-order valence-corrected chi connectivity index (χ2v) is 2.30. The van der Waals surface area contributed by atoms with Gasteiger partial charge in [-0.05, 0) is 32.9 Å². The zero-order valence-electron chi connectivity index (χ0n) is 7.46. The molecule has 0 rings (SSSR count). The van der Waals surface area contributed by atoms with Crippen molar-refractivity contribution < 1.29 is 0 Å². The first-order valence-corrected chi connectivity index (χ1v) is 3.68. The van der Waals surface area contributed by atoms with Crippen LogP contribution in [-0.2, 0) is 0 Å². The van der Waals surface area contributed by atoms with Gasteiger partial charge in [0.25, 0.3) is 0 Å². The van der Waals surface area contributed by atoms with Gasteiger partial charge in [-0.25, -0.2) is 0 Å². The summed E-state index contributed by atoms with van der Waals surface area (Å²) in [6.07, 6.45) is 7.56. The first-order valence-electron chi connectivity index (χ1n) is 3.68. The van der Waals surface area contributed by atoms with E-state index in [2.05, 4.69) is 11.6 Å². The van der Waals surface area contributed by atoms with Gasteiger partial charge < -0.3 is 0 Å². The first-order chi connectivity index (χ1) is 5.20. The highest BCUT2D eigenvalue weighted by atomic mass is 14.7. The average molecular weight is 149 g/mol. The van der Waals surface area contributed by atoms with Crippen LogP contribution in [0.2, 0.25) is 0 Å². The molecule has 0 heterocycles. The minimum Gasteiger partial charge on any atom is -0.259 e.